The first kappa shape index (κ1) is 26.7. The number of nitrogen functional groups attached to an aromatic ring is 1. The van der Waals surface area contributed by atoms with Crippen LogP contribution in [0.1, 0.15) is 27.7 Å². The first-order valence-corrected chi connectivity index (χ1v) is 12.1. The Balaban J connectivity index is 0.00000186. The van der Waals surface area contributed by atoms with Gasteiger partial charge < -0.3 is 15.8 Å². The van der Waals surface area contributed by atoms with E-state index in [1.807, 2.05) is 88.4 Å². The number of hydrogen-bond acceptors (Lipinski definition) is 5. The molecular formula is C29H32N6O2. The summed E-state index contributed by atoms with van der Waals surface area (Å²) >= 11 is 0. The molecule has 8 nitrogen and oxygen atoms in total. The van der Waals surface area contributed by atoms with Crippen molar-refractivity contribution in [3.05, 3.63) is 97.4 Å². The largest absolute Gasteiger partial charge is 0.457 e. The molecule has 2 amide bonds. The maximum atomic E-state index is 12.9. The Kier molecular flexibility index (Phi) is 9.61. The predicted molar refractivity (Wildman–Crippen MR) is 153 cm³/mol. The van der Waals surface area contributed by atoms with Crippen molar-refractivity contribution in [1.82, 2.24) is 14.8 Å². The maximum absolute atomic E-state index is 12.9. The number of pyridine rings is 1. The van der Waals surface area contributed by atoms with Crippen LogP contribution in [0.25, 0.3) is 16.5 Å². The number of rotatable bonds is 7. The zero-order chi connectivity index (χ0) is 26.6. The van der Waals surface area contributed by atoms with E-state index in [1.54, 1.807) is 41.3 Å². The van der Waals surface area contributed by atoms with Crippen LogP contribution in [0.3, 0.4) is 0 Å². The van der Waals surface area contributed by atoms with E-state index in [1.165, 1.54) is 0 Å². The number of nitrogens with two attached hydrogens (primary N) is 1. The highest BCUT2D eigenvalue weighted by molar-refractivity contribution is 6.07. The fourth-order valence-corrected chi connectivity index (χ4v) is 3.52. The van der Waals surface area contributed by atoms with E-state index in [9.17, 15) is 4.79 Å². The minimum absolute atomic E-state index is 0.374. The van der Waals surface area contributed by atoms with Gasteiger partial charge in [0.2, 0.25) is 0 Å². The monoisotopic (exact) mass is 496 g/mol. The molecule has 4 rings (SSSR count). The number of benzene rings is 2. The summed E-state index contributed by atoms with van der Waals surface area (Å²) in [6, 6.07) is 16.0. The molecule has 2 aromatic heterocycles. The third-order valence-electron chi connectivity index (χ3n) is 5.04. The summed E-state index contributed by atoms with van der Waals surface area (Å²) in [7, 11) is 0. The molecule has 37 heavy (non-hydrogen) atoms. The van der Waals surface area contributed by atoms with Gasteiger partial charge in [-0.15, -0.1) is 0 Å². The van der Waals surface area contributed by atoms with Gasteiger partial charge in [0.1, 0.15) is 23.1 Å². The zero-order valence-electron chi connectivity index (χ0n) is 21.5. The molecule has 0 spiro atoms. The molecule has 190 valence electrons. The first-order chi connectivity index (χ1) is 18.1. The lowest BCUT2D eigenvalue weighted by Crippen LogP contribution is -2.21. The van der Waals surface area contributed by atoms with Gasteiger partial charge in [0.05, 0.1) is 17.6 Å². The van der Waals surface area contributed by atoms with E-state index in [2.05, 4.69) is 20.7 Å². The number of fused-ring (bicyclic) bond motifs is 1. The summed E-state index contributed by atoms with van der Waals surface area (Å²) in [5.41, 5.74) is 7.22. The number of carbonyl (C=O) groups excluding carboxylic acids is 1. The molecule has 0 unspecified atom stereocenters. The topological polar surface area (TPSA) is 107 Å². The Labute approximate surface area is 217 Å². The van der Waals surface area contributed by atoms with E-state index in [0.29, 0.717) is 28.8 Å². The molecule has 4 N–H and O–H groups in total. The minimum Gasteiger partial charge on any atom is -0.457 e. The summed E-state index contributed by atoms with van der Waals surface area (Å²) in [5, 5.41) is 11.8. The van der Waals surface area contributed by atoms with Gasteiger partial charge in [-0.3, -0.25) is 5.32 Å². The van der Waals surface area contributed by atoms with Crippen LogP contribution < -0.4 is 21.1 Å². The van der Waals surface area contributed by atoms with Crippen molar-refractivity contribution in [3.63, 3.8) is 0 Å². The Morgan fingerprint density at radius 3 is 2.49 bits per heavy atom. The Morgan fingerprint density at radius 1 is 0.973 bits per heavy atom. The molecule has 0 atom stereocenters. The van der Waals surface area contributed by atoms with Crippen LogP contribution in [0.5, 0.6) is 11.5 Å². The molecular weight excluding hydrogens is 464 g/mol. The fraction of sp³-hybridized carbons (Fsp3) is 0.138. The molecule has 2 heterocycles. The van der Waals surface area contributed by atoms with Crippen LogP contribution in [-0.4, -0.2) is 20.8 Å². The molecule has 0 radical (unpaired) electrons. The Bertz CT molecular complexity index is 1440. The van der Waals surface area contributed by atoms with Gasteiger partial charge in [0.15, 0.2) is 0 Å². The van der Waals surface area contributed by atoms with E-state index in [-0.39, 0.29) is 0 Å². The lowest BCUT2D eigenvalue weighted by molar-refractivity contribution is 0.262. The van der Waals surface area contributed by atoms with Crippen molar-refractivity contribution in [2.75, 3.05) is 16.4 Å². The third-order valence-corrected chi connectivity index (χ3v) is 5.04. The molecule has 8 heteroatoms. The van der Waals surface area contributed by atoms with Gasteiger partial charge in [0, 0.05) is 29.1 Å². The number of aromatic nitrogens is 3. The average Bonchev–Trinajstić information content (AvgIpc) is 3.37. The highest BCUT2D eigenvalue weighted by atomic mass is 16.5. The molecule has 0 saturated heterocycles. The molecule has 0 aliphatic heterocycles. The quantitative estimate of drug-likeness (QED) is 0.230. The van der Waals surface area contributed by atoms with Crippen LogP contribution in [0.4, 0.5) is 22.1 Å². The second-order valence-corrected chi connectivity index (χ2v) is 7.50. The van der Waals surface area contributed by atoms with E-state index >= 15 is 0 Å². The molecule has 0 aliphatic carbocycles. The highest BCUT2D eigenvalue weighted by Gasteiger charge is 2.13. The van der Waals surface area contributed by atoms with Crippen molar-refractivity contribution in [2.45, 2.75) is 27.7 Å². The normalized spacial score (nSPS) is 11.4. The number of ether oxygens (including phenoxy) is 1. The van der Waals surface area contributed by atoms with Crippen LogP contribution >= 0.6 is 0 Å². The van der Waals surface area contributed by atoms with E-state index in [0.717, 1.165) is 16.5 Å². The van der Waals surface area contributed by atoms with Gasteiger partial charge in [0.25, 0.3) is 0 Å². The van der Waals surface area contributed by atoms with Crippen molar-refractivity contribution in [1.29, 1.82) is 0 Å². The number of hydrogen-bond donors (Lipinski definition) is 3. The first-order valence-electron chi connectivity index (χ1n) is 12.1. The summed E-state index contributed by atoms with van der Waals surface area (Å²) < 4.78 is 7.70. The van der Waals surface area contributed by atoms with Gasteiger partial charge >= 0.3 is 6.03 Å². The fourth-order valence-electron chi connectivity index (χ4n) is 3.52. The number of allylic oxidation sites excluding steroid dienone is 6. The summed E-state index contributed by atoms with van der Waals surface area (Å²) in [4.78, 5) is 16.9. The smallest absolute Gasteiger partial charge is 0.324 e. The third kappa shape index (κ3) is 6.85. The number of amides is 2. The summed E-state index contributed by atoms with van der Waals surface area (Å²) in [6.45, 7) is 7.86. The Hall–Kier alpha value is -4.85. The van der Waals surface area contributed by atoms with E-state index < -0.39 is 6.03 Å². The van der Waals surface area contributed by atoms with E-state index in [4.69, 9.17) is 10.5 Å². The molecule has 4 aromatic rings. The van der Waals surface area contributed by atoms with Gasteiger partial charge in [-0.25, -0.2) is 14.5 Å². The molecule has 2 aromatic carbocycles. The molecule has 0 saturated carbocycles. The van der Waals surface area contributed by atoms with Crippen molar-refractivity contribution in [2.24, 2.45) is 0 Å². The predicted octanol–water partition coefficient (Wildman–Crippen LogP) is 7.47. The van der Waals surface area contributed by atoms with Crippen molar-refractivity contribution >= 4 is 39.8 Å². The average molecular weight is 497 g/mol. The van der Waals surface area contributed by atoms with Crippen LogP contribution in [0.15, 0.2) is 97.4 Å². The van der Waals surface area contributed by atoms with Crippen LogP contribution in [0.2, 0.25) is 0 Å². The lowest BCUT2D eigenvalue weighted by Gasteiger charge is -2.14. The number of anilines is 3. The maximum Gasteiger partial charge on any atom is 0.324 e. The Morgan fingerprint density at radius 2 is 1.76 bits per heavy atom. The second kappa shape index (κ2) is 13.3. The second-order valence-electron chi connectivity index (χ2n) is 7.50. The summed E-state index contributed by atoms with van der Waals surface area (Å²) in [5.74, 6) is 2.13. The number of nitrogens with one attached hydrogen (secondary N) is 2. The van der Waals surface area contributed by atoms with Crippen molar-refractivity contribution in [3.8, 4) is 11.5 Å². The summed E-state index contributed by atoms with van der Waals surface area (Å²) in [6.07, 6.45) is 12.8. The van der Waals surface area contributed by atoms with Gasteiger partial charge in [-0.05, 0) is 44.2 Å². The molecule has 0 fully saturated rings. The standard InChI is InChI=1S/C27H26N6O2.C2H6/c1-3-5-9-19(8-4-2)33-26(15-17-30-33)32-27(34)31-23-12-13-24(22-11-7-6-10-21(22)23)35-20-14-16-29-25(28)18-20;1-2/h3-18H,1-2H3,(H2,28,29)(H2,31,32,34);1-2H3/b5-3-,8-4-,19-9+;. The SMILES string of the molecule is CC.C\C=C/C=C(\C=C/C)n1nccc1NC(=O)Nc1ccc(Oc2ccnc(N)c2)c2ccccc12. The number of urea groups is 1. The van der Waals surface area contributed by atoms with Gasteiger partial charge in [-0.1, -0.05) is 56.3 Å². The highest BCUT2D eigenvalue weighted by Crippen LogP contribution is 2.34. The minimum atomic E-state index is -0.390. The number of nitrogens with zero attached hydrogens (tertiary/aromatic N) is 3. The molecule has 0 bridgehead atoms. The van der Waals surface area contributed by atoms with Crippen LogP contribution in [-0.2, 0) is 0 Å². The van der Waals surface area contributed by atoms with Crippen molar-refractivity contribution < 1.29 is 9.53 Å². The van der Waals surface area contributed by atoms with Crippen LogP contribution in [0, 0.1) is 0 Å². The lowest BCUT2D eigenvalue weighted by atomic mass is 10.1. The number of carbonyl (C=O) groups is 1. The zero-order valence-corrected chi connectivity index (χ0v) is 21.5. The molecule has 0 aliphatic rings. The van der Waals surface area contributed by atoms with Gasteiger partial charge in [-0.2, -0.15) is 5.10 Å².